The summed E-state index contributed by atoms with van der Waals surface area (Å²) in [6.45, 7) is 5.89. The van der Waals surface area contributed by atoms with Gasteiger partial charge in [0.2, 0.25) is 0 Å². The number of hydrogen-bond donors (Lipinski definition) is 0. The summed E-state index contributed by atoms with van der Waals surface area (Å²) in [5.74, 6) is -0.617. The lowest BCUT2D eigenvalue weighted by Gasteiger charge is -2.25. The molecule has 1 aromatic carbocycles. The molecular formula is C14H19NO4. The van der Waals surface area contributed by atoms with E-state index >= 15 is 0 Å². The zero-order valence-electron chi connectivity index (χ0n) is 11.5. The molecule has 1 aromatic rings. The van der Waals surface area contributed by atoms with Crippen molar-refractivity contribution in [3.8, 4) is 0 Å². The summed E-state index contributed by atoms with van der Waals surface area (Å²) >= 11 is 0. The minimum atomic E-state index is -0.617. The number of rotatable bonds is 4. The van der Waals surface area contributed by atoms with Crippen LogP contribution in [0.2, 0.25) is 0 Å². The molecule has 0 spiro atoms. The molecule has 1 aliphatic heterocycles. The molecule has 5 nitrogen and oxygen atoms in total. The molecule has 0 bridgehead atoms. The normalized spacial score (nSPS) is 25.4. The van der Waals surface area contributed by atoms with Crippen LogP contribution in [0.4, 0.5) is 5.69 Å². The molecule has 104 valence electrons. The second kappa shape index (κ2) is 5.27. The molecule has 1 heterocycles. The predicted octanol–water partition coefficient (Wildman–Crippen LogP) is 3.59. The quantitative estimate of drug-likeness (QED) is 0.616. The minimum absolute atomic E-state index is 0.0888. The van der Waals surface area contributed by atoms with Crippen LogP contribution in [0.25, 0.3) is 0 Å². The van der Waals surface area contributed by atoms with Gasteiger partial charge in [-0.3, -0.25) is 10.1 Å². The highest BCUT2D eigenvalue weighted by Crippen LogP contribution is 2.44. The Bertz CT molecular complexity index is 470. The smallest absolute Gasteiger partial charge is 0.275 e. The van der Waals surface area contributed by atoms with Crippen LogP contribution in [-0.4, -0.2) is 16.8 Å². The van der Waals surface area contributed by atoms with Crippen molar-refractivity contribution in [1.82, 2.24) is 0 Å². The Labute approximate surface area is 112 Å². The second-order valence-corrected chi connectivity index (χ2v) is 4.80. The molecule has 0 aromatic heterocycles. The fraction of sp³-hybridized carbons (Fsp3) is 0.571. The van der Waals surface area contributed by atoms with Crippen LogP contribution in [0, 0.1) is 10.1 Å². The third-order valence-corrected chi connectivity index (χ3v) is 3.69. The average molecular weight is 265 g/mol. The minimum Gasteiger partial charge on any atom is -0.344 e. The largest absolute Gasteiger partial charge is 0.344 e. The maximum absolute atomic E-state index is 11.1. The van der Waals surface area contributed by atoms with Crippen molar-refractivity contribution < 1.29 is 14.4 Å². The Balaban J connectivity index is 2.36. The fourth-order valence-corrected chi connectivity index (χ4v) is 2.55. The molecule has 0 N–H and O–H groups in total. The van der Waals surface area contributed by atoms with Crippen molar-refractivity contribution in [1.29, 1.82) is 0 Å². The van der Waals surface area contributed by atoms with Gasteiger partial charge >= 0.3 is 0 Å². The van der Waals surface area contributed by atoms with Gasteiger partial charge in [-0.1, -0.05) is 26.0 Å². The first-order chi connectivity index (χ1) is 9.03. The van der Waals surface area contributed by atoms with Crippen molar-refractivity contribution in [3.05, 3.63) is 39.9 Å². The van der Waals surface area contributed by atoms with Gasteiger partial charge in [0.15, 0.2) is 5.79 Å². The van der Waals surface area contributed by atoms with Crippen molar-refractivity contribution >= 4 is 5.69 Å². The highest BCUT2D eigenvalue weighted by Gasteiger charge is 2.45. The summed E-state index contributed by atoms with van der Waals surface area (Å²) in [4.78, 5) is 10.7. The van der Waals surface area contributed by atoms with E-state index in [1.54, 1.807) is 18.2 Å². The molecule has 19 heavy (non-hydrogen) atoms. The monoisotopic (exact) mass is 265 g/mol. The van der Waals surface area contributed by atoms with E-state index in [0.717, 1.165) is 12.8 Å². The van der Waals surface area contributed by atoms with E-state index in [1.165, 1.54) is 6.07 Å². The van der Waals surface area contributed by atoms with Crippen molar-refractivity contribution in [2.45, 2.75) is 51.6 Å². The summed E-state index contributed by atoms with van der Waals surface area (Å²) in [6, 6.07) is 6.69. The summed E-state index contributed by atoms with van der Waals surface area (Å²) in [5, 5.41) is 11.1. The maximum Gasteiger partial charge on any atom is 0.275 e. The van der Waals surface area contributed by atoms with E-state index < -0.39 is 5.79 Å². The lowest BCUT2D eigenvalue weighted by molar-refractivity contribution is -0.386. The fourth-order valence-electron chi connectivity index (χ4n) is 2.55. The number of para-hydroxylation sites is 1. The van der Waals surface area contributed by atoms with Crippen LogP contribution in [0.3, 0.4) is 0 Å². The van der Waals surface area contributed by atoms with Gasteiger partial charge in [0.05, 0.1) is 16.6 Å². The third kappa shape index (κ3) is 2.48. The first kappa shape index (κ1) is 14.0. The predicted molar refractivity (Wildman–Crippen MR) is 70.8 cm³/mol. The molecule has 1 fully saturated rings. The molecule has 0 aliphatic carbocycles. The van der Waals surface area contributed by atoms with Gasteiger partial charge in [-0.15, -0.1) is 0 Å². The molecule has 1 saturated heterocycles. The lowest BCUT2D eigenvalue weighted by atomic mass is 10.0. The number of ether oxygens (including phenoxy) is 2. The van der Waals surface area contributed by atoms with Crippen LogP contribution in [0.15, 0.2) is 24.3 Å². The molecule has 5 heteroatoms. The molecule has 0 saturated carbocycles. The zero-order chi connectivity index (χ0) is 14.0. The number of benzene rings is 1. The standard InChI is InChI=1S/C14H19NO4/c1-4-14(5-2)18-10(3)13(19-14)11-8-6-7-9-12(11)15(16)17/h6-10,13H,4-5H2,1-3H3/t10-,13+/m1/s1. The topological polar surface area (TPSA) is 61.6 Å². The Morgan fingerprint density at radius 3 is 2.42 bits per heavy atom. The summed E-state index contributed by atoms with van der Waals surface area (Å²) in [5.41, 5.74) is 0.676. The van der Waals surface area contributed by atoms with Gasteiger partial charge in [0.1, 0.15) is 6.10 Å². The second-order valence-electron chi connectivity index (χ2n) is 4.80. The average Bonchev–Trinajstić information content (AvgIpc) is 2.76. The molecule has 0 amide bonds. The summed E-state index contributed by atoms with van der Waals surface area (Å²) < 4.78 is 11.9. The van der Waals surface area contributed by atoms with Gasteiger partial charge in [-0.2, -0.15) is 0 Å². The molecular weight excluding hydrogens is 246 g/mol. The van der Waals surface area contributed by atoms with E-state index in [-0.39, 0.29) is 22.8 Å². The van der Waals surface area contributed by atoms with E-state index in [9.17, 15) is 10.1 Å². The van der Waals surface area contributed by atoms with Gasteiger partial charge in [-0.25, -0.2) is 0 Å². The molecule has 0 radical (unpaired) electrons. The van der Waals surface area contributed by atoms with Gasteiger partial charge in [-0.05, 0) is 25.8 Å². The Kier molecular flexibility index (Phi) is 3.87. The van der Waals surface area contributed by atoms with Crippen LogP contribution in [0.5, 0.6) is 0 Å². The SMILES string of the molecule is CCC1(CC)O[C@H](c2ccccc2[N+](=O)[O-])[C@@H](C)O1. The van der Waals surface area contributed by atoms with Crippen molar-refractivity contribution in [2.24, 2.45) is 0 Å². The number of nitro groups is 1. The molecule has 0 unspecified atom stereocenters. The third-order valence-electron chi connectivity index (χ3n) is 3.69. The number of nitro benzene ring substituents is 1. The van der Waals surface area contributed by atoms with Crippen LogP contribution in [0.1, 0.15) is 45.3 Å². The molecule has 1 aliphatic rings. The first-order valence-electron chi connectivity index (χ1n) is 6.62. The van der Waals surface area contributed by atoms with E-state index in [1.807, 2.05) is 20.8 Å². The van der Waals surface area contributed by atoms with Crippen LogP contribution < -0.4 is 0 Å². The highest BCUT2D eigenvalue weighted by atomic mass is 16.8. The first-order valence-corrected chi connectivity index (χ1v) is 6.62. The Morgan fingerprint density at radius 2 is 1.89 bits per heavy atom. The van der Waals surface area contributed by atoms with E-state index in [4.69, 9.17) is 9.47 Å². The van der Waals surface area contributed by atoms with E-state index in [2.05, 4.69) is 0 Å². The van der Waals surface area contributed by atoms with Crippen molar-refractivity contribution in [3.63, 3.8) is 0 Å². The molecule has 2 atom stereocenters. The molecule has 2 rings (SSSR count). The highest BCUT2D eigenvalue weighted by molar-refractivity contribution is 5.42. The Hall–Kier alpha value is -1.46. The van der Waals surface area contributed by atoms with Crippen LogP contribution in [-0.2, 0) is 9.47 Å². The Morgan fingerprint density at radius 1 is 1.26 bits per heavy atom. The summed E-state index contributed by atoms with van der Waals surface area (Å²) in [6.07, 6.45) is 0.873. The lowest BCUT2D eigenvalue weighted by Crippen LogP contribution is -2.28. The number of hydrogen-bond acceptors (Lipinski definition) is 4. The number of nitrogens with zero attached hydrogens (tertiary/aromatic N) is 1. The van der Waals surface area contributed by atoms with Gasteiger partial charge in [0, 0.05) is 6.07 Å². The van der Waals surface area contributed by atoms with E-state index in [0.29, 0.717) is 5.56 Å². The van der Waals surface area contributed by atoms with Gasteiger partial charge < -0.3 is 9.47 Å². The summed E-state index contributed by atoms with van der Waals surface area (Å²) in [7, 11) is 0. The van der Waals surface area contributed by atoms with Gasteiger partial charge in [0.25, 0.3) is 5.69 Å². The zero-order valence-corrected chi connectivity index (χ0v) is 11.5. The van der Waals surface area contributed by atoms with Crippen molar-refractivity contribution in [2.75, 3.05) is 0 Å². The van der Waals surface area contributed by atoms with Crippen LogP contribution >= 0.6 is 0 Å². The maximum atomic E-state index is 11.1.